The summed E-state index contributed by atoms with van der Waals surface area (Å²) in [6.45, 7) is 2.42. The van der Waals surface area contributed by atoms with Crippen molar-refractivity contribution in [3.8, 4) is 11.1 Å². The Labute approximate surface area is 198 Å². The molecule has 176 valence electrons. The summed E-state index contributed by atoms with van der Waals surface area (Å²) in [7, 11) is 0. The molecule has 0 radical (unpaired) electrons. The maximum Gasteiger partial charge on any atom is 0.407 e. The van der Waals surface area contributed by atoms with E-state index >= 15 is 0 Å². The van der Waals surface area contributed by atoms with Gasteiger partial charge in [-0.3, -0.25) is 9.59 Å². The van der Waals surface area contributed by atoms with Gasteiger partial charge < -0.3 is 20.1 Å². The predicted octanol–water partition coefficient (Wildman–Crippen LogP) is 3.83. The molecule has 0 saturated heterocycles. The Bertz CT molecular complexity index is 951. The van der Waals surface area contributed by atoms with E-state index in [-0.39, 0.29) is 43.9 Å². The summed E-state index contributed by atoms with van der Waals surface area (Å²) >= 11 is 1.55. The highest BCUT2D eigenvalue weighted by Crippen LogP contribution is 2.44. The number of hydrogen-bond donors (Lipinski definition) is 2. The van der Waals surface area contributed by atoms with Gasteiger partial charge in [-0.15, -0.1) is 0 Å². The third-order valence-electron chi connectivity index (χ3n) is 5.71. The Morgan fingerprint density at radius 3 is 2.27 bits per heavy atom. The van der Waals surface area contributed by atoms with Gasteiger partial charge in [0.1, 0.15) is 13.2 Å². The Balaban J connectivity index is 1.49. The quantitative estimate of drug-likeness (QED) is 0.518. The van der Waals surface area contributed by atoms with Crippen molar-refractivity contribution in [1.82, 2.24) is 10.2 Å². The van der Waals surface area contributed by atoms with Gasteiger partial charge in [-0.25, -0.2) is 4.79 Å². The van der Waals surface area contributed by atoms with Crippen LogP contribution in [-0.2, 0) is 14.3 Å². The van der Waals surface area contributed by atoms with Crippen LogP contribution >= 0.6 is 11.8 Å². The molecule has 3 rings (SSSR count). The molecule has 1 aliphatic carbocycles. The van der Waals surface area contributed by atoms with Gasteiger partial charge >= 0.3 is 12.1 Å². The van der Waals surface area contributed by atoms with Gasteiger partial charge in [0.25, 0.3) is 0 Å². The van der Waals surface area contributed by atoms with Crippen LogP contribution < -0.4 is 5.32 Å². The number of benzene rings is 2. The molecule has 2 aromatic carbocycles. The molecule has 2 amide bonds. The first kappa shape index (κ1) is 24.6. The molecule has 1 aliphatic rings. The average Bonchev–Trinajstić information content (AvgIpc) is 3.12. The first-order valence-electron chi connectivity index (χ1n) is 11.0. The lowest BCUT2D eigenvalue weighted by Crippen LogP contribution is -2.39. The number of ether oxygens (including phenoxy) is 1. The molecule has 0 spiro atoms. The van der Waals surface area contributed by atoms with Crippen LogP contribution in [-0.4, -0.2) is 66.2 Å². The molecule has 0 saturated carbocycles. The van der Waals surface area contributed by atoms with Crippen LogP contribution in [0.3, 0.4) is 0 Å². The minimum atomic E-state index is -1.03. The summed E-state index contributed by atoms with van der Waals surface area (Å²) < 4.78 is 5.52. The lowest BCUT2D eigenvalue weighted by molar-refractivity contribution is -0.144. The van der Waals surface area contributed by atoms with Crippen molar-refractivity contribution in [2.45, 2.75) is 19.3 Å². The van der Waals surface area contributed by atoms with E-state index in [0.717, 1.165) is 11.1 Å². The molecule has 0 aliphatic heterocycles. The standard InChI is InChI=1S/C25H30N2O5S/c1-17(13-23(28)27(11-12-33-2)15-24(29)30)14-26-25(31)32-16-22-20-9-5-3-7-18(20)19-8-4-6-10-21(19)22/h3-10,17,22H,11-16H2,1-2H3,(H,26,31)(H,29,30). The number of aliphatic carboxylic acids is 1. The number of carboxylic acids is 1. The number of amides is 2. The normalized spacial score (nSPS) is 13.0. The van der Waals surface area contributed by atoms with Crippen molar-refractivity contribution in [2.75, 3.05) is 38.2 Å². The van der Waals surface area contributed by atoms with Crippen molar-refractivity contribution in [2.24, 2.45) is 5.92 Å². The monoisotopic (exact) mass is 470 g/mol. The van der Waals surface area contributed by atoms with Crippen molar-refractivity contribution in [1.29, 1.82) is 0 Å². The van der Waals surface area contributed by atoms with E-state index in [9.17, 15) is 14.4 Å². The number of nitrogens with zero attached hydrogens (tertiary/aromatic N) is 1. The van der Waals surface area contributed by atoms with Gasteiger partial charge in [-0.1, -0.05) is 55.5 Å². The smallest absolute Gasteiger partial charge is 0.407 e. The molecule has 2 N–H and O–H groups in total. The van der Waals surface area contributed by atoms with Crippen LogP contribution in [0, 0.1) is 5.92 Å². The van der Waals surface area contributed by atoms with Crippen LogP contribution in [0.4, 0.5) is 4.79 Å². The Morgan fingerprint density at radius 1 is 1.09 bits per heavy atom. The van der Waals surface area contributed by atoms with Gasteiger partial charge in [-0.2, -0.15) is 11.8 Å². The fraction of sp³-hybridized carbons (Fsp3) is 0.400. The number of alkyl carbamates (subject to hydrolysis) is 1. The van der Waals surface area contributed by atoms with Crippen LogP contribution in [0.1, 0.15) is 30.4 Å². The van der Waals surface area contributed by atoms with E-state index < -0.39 is 12.1 Å². The molecule has 0 aromatic heterocycles. The summed E-state index contributed by atoms with van der Waals surface area (Å²) in [4.78, 5) is 37.2. The van der Waals surface area contributed by atoms with Gasteiger partial charge in [0, 0.05) is 31.2 Å². The second-order valence-corrected chi connectivity index (χ2v) is 9.20. The van der Waals surface area contributed by atoms with Crippen molar-refractivity contribution >= 4 is 29.7 Å². The molecule has 7 nitrogen and oxygen atoms in total. The minimum absolute atomic E-state index is 0.0110. The van der Waals surface area contributed by atoms with Crippen LogP contribution in [0.15, 0.2) is 48.5 Å². The van der Waals surface area contributed by atoms with E-state index in [0.29, 0.717) is 12.3 Å². The maximum atomic E-state index is 12.5. The van der Waals surface area contributed by atoms with Gasteiger partial charge in [0.2, 0.25) is 5.91 Å². The van der Waals surface area contributed by atoms with Crippen molar-refractivity contribution in [3.63, 3.8) is 0 Å². The number of carbonyl (C=O) groups excluding carboxylic acids is 2. The first-order chi connectivity index (χ1) is 15.9. The Morgan fingerprint density at radius 2 is 1.70 bits per heavy atom. The van der Waals surface area contributed by atoms with Gasteiger partial charge in [0.05, 0.1) is 0 Å². The summed E-state index contributed by atoms with van der Waals surface area (Å²) in [5.74, 6) is -0.750. The number of rotatable bonds is 11. The molecule has 2 aromatic rings. The molecule has 1 atom stereocenters. The molecule has 0 fully saturated rings. The van der Waals surface area contributed by atoms with Crippen LogP contribution in [0.25, 0.3) is 11.1 Å². The number of carboxylic acid groups (broad SMARTS) is 1. The van der Waals surface area contributed by atoms with Gasteiger partial charge in [-0.05, 0) is 34.4 Å². The van der Waals surface area contributed by atoms with Crippen LogP contribution in [0.2, 0.25) is 0 Å². The fourth-order valence-electron chi connectivity index (χ4n) is 4.06. The second-order valence-electron chi connectivity index (χ2n) is 8.22. The number of thioether (sulfide) groups is 1. The molecule has 1 unspecified atom stereocenters. The number of carbonyl (C=O) groups is 3. The highest BCUT2D eigenvalue weighted by Gasteiger charge is 2.29. The summed E-state index contributed by atoms with van der Waals surface area (Å²) in [5.41, 5.74) is 4.63. The minimum Gasteiger partial charge on any atom is -0.480 e. The Hall–Kier alpha value is -3.00. The number of hydrogen-bond acceptors (Lipinski definition) is 5. The van der Waals surface area contributed by atoms with Crippen molar-refractivity contribution in [3.05, 3.63) is 59.7 Å². The lowest BCUT2D eigenvalue weighted by Gasteiger charge is -2.22. The van der Waals surface area contributed by atoms with Crippen LogP contribution in [0.5, 0.6) is 0 Å². The highest BCUT2D eigenvalue weighted by molar-refractivity contribution is 7.98. The average molecular weight is 471 g/mol. The summed E-state index contributed by atoms with van der Waals surface area (Å²) in [6, 6.07) is 16.3. The van der Waals surface area contributed by atoms with E-state index in [2.05, 4.69) is 29.6 Å². The number of nitrogens with one attached hydrogen (secondary N) is 1. The molecule has 0 bridgehead atoms. The molecule has 8 heteroatoms. The zero-order chi connectivity index (χ0) is 23.8. The SMILES string of the molecule is CSCCN(CC(=O)O)C(=O)CC(C)CNC(=O)OCC1c2ccccc2-c2ccccc21. The zero-order valence-corrected chi connectivity index (χ0v) is 19.8. The molecule has 0 heterocycles. The highest BCUT2D eigenvalue weighted by atomic mass is 32.2. The number of fused-ring (bicyclic) bond motifs is 3. The van der Waals surface area contributed by atoms with Crippen molar-refractivity contribution < 1.29 is 24.2 Å². The predicted molar refractivity (Wildman–Crippen MR) is 129 cm³/mol. The first-order valence-corrected chi connectivity index (χ1v) is 12.4. The third-order valence-corrected chi connectivity index (χ3v) is 6.30. The van der Waals surface area contributed by atoms with E-state index in [1.807, 2.05) is 37.4 Å². The Kier molecular flexibility index (Phi) is 8.77. The van der Waals surface area contributed by atoms with Gasteiger partial charge in [0.15, 0.2) is 0 Å². The zero-order valence-electron chi connectivity index (χ0n) is 19.0. The maximum absolute atomic E-state index is 12.5. The van der Waals surface area contributed by atoms with E-state index in [1.54, 1.807) is 11.8 Å². The van der Waals surface area contributed by atoms with E-state index in [1.165, 1.54) is 16.0 Å². The van der Waals surface area contributed by atoms with E-state index in [4.69, 9.17) is 9.84 Å². The fourth-order valence-corrected chi connectivity index (χ4v) is 4.47. The summed E-state index contributed by atoms with van der Waals surface area (Å²) in [5, 5.41) is 11.8. The largest absolute Gasteiger partial charge is 0.480 e. The lowest BCUT2D eigenvalue weighted by atomic mass is 9.98. The summed E-state index contributed by atoms with van der Waals surface area (Å²) in [6.07, 6.45) is 1.54. The molecular formula is C25H30N2O5S. The third kappa shape index (κ3) is 6.51. The molecule has 33 heavy (non-hydrogen) atoms. The topological polar surface area (TPSA) is 95.9 Å². The molecular weight excluding hydrogens is 440 g/mol. The second kappa shape index (κ2) is 11.7.